The lowest BCUT2D eigenvalue weighted by atomic mass is 9.85. The number of rotatable bonds is 6. The Bertz CT molecular complexity index is 266. The Balaban J connectivity index is 1.70. The van der Waals surface area contributed by atoms with Gasteiger partial charge in [0.05, 0.1) is 25.5 Å². The minimum absolute atomic E-state index is 0.486. The molecule has 118 valence electrons. The lowest BCUT2D eigenvalue weighted by Crippen LogP contribution is -2.57. The van der Waals surface area contributed by atoms with E-state index >= 15 is 0 Å². The van der Waals surface area contributed by atoms with Crippen molar-refractivity contribution in [3.63, 3.8) is 0 Å². The second-order valence-corrected chi connectivity index (χ2v) is 6.28. The molecular weight excluding hydrogens is 256 g/mol. The summed E-state index contributed by atoms with van der Waals surface area (Å²) in [6, 6.07) is 0. The lowest BCUT2D eigenvalue weighted by Gasteiger charge is -2.36. The van der Waals surface area contributed by atoms with Gasteiger partial charge in [-0.05, 0) is 18.8 Å². The van der Waals surface area contributed by atoms with E-state index in [9.17, 15) is 10.2 Å². The van der Waals surface area contributed by atoms with E-state index in [2.05, 4.69) is 0 Å². The van der Waals surface area contributed by atoms with Crippen molar-refractivity contribution in [1.29, 1.82) is 0 Å². The van der Waals surface area contributed by atoms with Gasteiger partial charge in [0.2, 0.25) is 0 Å². The molecule has 1 aliphatic heterocycles. The van der Waals surface area contributed by atoms with Crippen molar-refractivity contribution in [2.45, 2.75) is 63.3 Å². The fourth-order valence-corrected chi connectivity index (χ4v) is 3.37. The third-order valence-corrected chi connectivity index (χ3v) is 4.81. The van der Waals surface area contributed by atoms with Crippen LogP contribution in [0.2, 0.25) is 0 Å². The van der Waals surface area contributed by atoms with Crippen LogP contribution in [-0.4, -0.2) is 59.8 Å². The summed E-state index contributed by atoms with van der Waals surface area (Å²) in [5, 5.41) is 20.4. The maximum atomic E-state index is 10.2. The van der Waals surface area contributed by atoms with Gasteiger partial charge in [0.15, 0.2) is 0 Å². The first-order valence-corrected chi connectivity index (χ1v) is 8.12. The molecule has 1 aliphatic carbocycles. The molecule has 0 aromatic carbocycles. The predicted molar refractivity (Wildman–Crippen MR) is 78.2 cm³/mol. The van der Waals surface area contributed by atoms with Crippen molar-refractivity contribution in [2.24, 2.45) is 11.7 Å². The van der Waals surface area contributed by atoms with Crippen molar-refractivity contribution >= 4 is 0 Å². The Morgan fingerprint density at radius 1 is 1.10 bits per heavy atom. The molecule has 0 spiro atoms. The molecule has 0 aromatic heterocycles. The van der Waals surface area contributed by atoms with Gasteiger partial charge in [-0.25, -0.2) is 0 Å². The Hall–Kier alpha value is -0.200. The molecule has 3 atom stereocenters. The SMILES string of the molecule is NC(C(O)C(O)CCC1CCCCC1)N1CCOCC1. The average molecular weight is 286 g/mol. The maximum Gasteiger partial charge on any atom is 0.108 e. The molecule has 1 saturated carbocycles. The Morgan fingerprint density at radius 2 is 1.75 bits per heavy atom. The highest BCUT2D eigenvalue weighted by Gasteiger charge is 2.29. The van der Waals surface area contributed by atoms with E-state index in [4.69, 9.17) is 10.5 Å². The molecule has 2 fully saturated rings. The van der Waals surface area contributed by atoms with E-state index in [0.29, 0.717) is 19.6 Å². The summed E-state index contributed by atoms with van der Waals surface area (Å²) >= 11 is 0. The fraction of sp³-hybridized carbons (Fsp3) is 1.00. The maximum absolute atomic E-state index is 10.2. The lowest BCUT2D eigenvalue weighted by molar-refractivity contribution is -0.0666. The van der Waals surface area contributed by atoms with Crippen LogP contribution in [0.15, 0.2) is 0 Å². The van der Waals surface area contributed by atoms with Gasteiger partial charge in [0.25, 0.3) is 0 Å². The fourth-order valence-electron chi connectivity index (χ4n) is 3.37. The second-order valence-electron chi connectivity index (χ2n) is 6.28. The normalized spacial score (nSPS) is 27.1. The number of aliphatic hydroxyl groups excluding tert-OH is 2. The molecule has 1 saturated heterocycles. The van der Waals surface area contributed by atoms with E-state index < -0.39 is 18.4 Å². The number of hydrogen-bond acceptors (Lipinski definition) is 5. The summed E-state index contributed by atoms with van der Waals surface area (Å²) in [5.41, 5.74) is 6.06. The van der Waals surface area contributed by atoms with Gasteiger partial charge in [0, 0.05) is 13.1 Å². The van der Waals surface area contributed by atoms with Crippen molar-refractivity contribution in [1.82, 2.24) is 4.90 Å². The monoisotopic (exact) mass is 286 g/mol. The number of morpholine rings is 1. The van der Waals surface area contributed by atoms with Crippen molar-refractivity contribution in [3.05, 3.63) is 0 Å². The number of nitrogens with two attached hydrogens (primary N) is 1. The first-order chi connectivity index (χ1) is 9.68. The van der Waals surface area contributed by atoms with E-state index in [1.54, 1.807) is 0 Å². The molecule has 5 nitrogen and oxygen atoms in total. The van der Waals surface area contributed by atoms with Crippen LogP contribution in [0.1, 0.15) is 44.9 Å². The highest BCUT2D eigenvalue weighted by atomic mass is 16.5. The molecule has 4 N–H and O–H groups in total. The molecule has 2 rings (SSSR count). The van der Waals surface area contributed by atoms with Crippen molar-refractivity contribution in [2.75, 3.05) is 26.3 Å². The van der Waals surface area contributed by atoms with Gasteiger partial charge in [-0.2, -0.15) is 0 Å². The van der Waals surface area contributed by atoms with E-state index in [-0.39, 0.29) is 0 Å². The topological polar surface area (TPSA) is 79.0 Å². The highest BCUT2D eigenvalue weighted by molar-refractivity contribution is 4.81. The summed E-state index contributed by atoms with van der Waals surface area (Å²) in [6.45, 7) is 2.76. The minimum Gasteiger partial charge on any atom is -0.390 e. The van der Waals surface area contributed by atoms with Gasteiger partial charge in [-0.1, -0.05) is 32.1 Å². The summed E-state index contributed by atoms with van der Waals surface area (Å²) in [6.07, 6.45) is 6.14. The van der Waals surface area contributed by atoms with Crippen LogP contribution in [-0.2, 0) is 4.74 Å². The van der Waals surface area contributed by atoms with E-state index in [1.165, 1.54) is 32.1 Å². The summed E-state index contributed by atoms with van der Waals surface area (Å²) < 4.78 is 5.28. The van der Waals surface area contributed by atoms with Gasteiger partial charge in [-0.15, -0.1) is 0 Å². The average Bonchev–Trinajstić information content (AvgIpc) is 2.53. The molecule has 0 radical (unpaired) electrons. The zero-order valence-electron chi connectivity index (χ0n) is 12.4. The first-order valence-electron chi connectivity index (χ1n) is 8.12. The number of ether oxygens (including phenoxy) is 1. The zero-order chi connectivity index (χ0) is 14.4. The Morgan fingerprint density at radius 3 is 2.40 bits per heavy atom. The van der Waals surface area contributed by atoms with E-state index in [0.717, 1.165) is 25.4 Å². The zero-order valence-corrected chi connectivity index (χ0v) is 12.4. The molecule has 5 heteroatoms. The third kappa shape index (κ3) is 4.67. The summed E-state index contributed by atoms with van der Waals surface area (Å²) in [5.74, 6) is 0.727. The van der Waals surface area contributed by atoms with Crippen LogP contribution < -0.4 is 5.73 Å². The molecule has 0 bridgehead atoms. The van der Waals surface area contributed by atoms with Crippen LogP contribution in [0.3, 0.4) is 0 Å². The molecule has 2 aliphatic rings. The molecule has 3 unspecified atom stereocenters. The van der Waals surface area contributed by atoms with Gasteiger partial charge < -0.3 is 20.7 Å². The van der Waals surface area contributed by atoms with Crippen molar-refractivity contribution in [3.8, 4) is 0 Å². The highest BCUT2D eigenvalue weighted by Crippen LogP contribution is 2.28. The van der Waals surface area contributed by atoms with E-state index in [1.807, 2.05) is 4.90 Å². The molecule has 0 aromatic rings. The smallest absolute Gasteiger partial charge is 0.108 e. The number of nitrogens with zero attached hydrogens (tertiary/aromatic N) is 1. The first kappa shape index (κ1) is 16.2. The standard InChI is InChI=1S/C15H30N2O3/c16-15(17-8-10-20-11-9-17)14(19)13(18)7-6-12-4-2-1-3-5-12/h12-15,18-19H,1-11,16H2. The summed E-state index contributed by atoms with van der Waals surface area (Å²) in [7, 11) is 0. The Kier molecular flexibility index (Phi) is 6.71. The molecule has 0 amide bonds. The second kappa shape index (κ2) is 8.29. The van der Waals surface area contributed by atoms with Crippen molar-refractivity contribution < 1.29 is 14.9 Å². The van der Waals surface area contributed by atoms with Crippen LogP contribution in [0, 0.1) is 5.92 Å². The molecular formula is C15H30N2O3. The number of hydrogen-bond donors (Lipinski definition) is 3. The van der Waals surface area contributed by atoms with Gasteiger partial charge in [0.1, 0.15) is 6.10 Å². The molecule has 20 heavy (non-hydrogen) atoms. The van der Waals surface area contributed by atoms with Gasteiger partial charge in [-0.3, -0.25) is 4.90 Å². The van der Waals surface area contributed by atoms with Crippen LogP contribution in [0.4, 0.5) is 0 Å². The summed E-state index contributed by atoms with van der Waals surface area (Å²) in [4.78, 5) is 2.00. The Labute approximate surface area is 122 Å². The third-order valence-electron chi connectivity index (χ3n) is 4.81. The predicted octanol–water partition coefficient (Wildman–Crippen LogP) is 0.686. The minimum atomic E-state index is -0.864. The van der Waals surface area contributed by atoms with Crippen LogP contribution >= 0.6 is 0 Å². The largest absolute Gasteiger partial charge is 0.390 e. The molecule has 1 heterocycles. The number of aliphatic hydroxyl groups is 2. The quantitative estimate of drug-likeness (QED) is 0.669. The van der Waals surface area contributed by atoms with Crippen LogP contribution in [0.25, 0.3) is 0 Å². The van der Waals surface area contributed by atoms with Gasteiger partial charge >= 0.3 is 0 Å². The van der Waals surface area contributed by atoms with Crippen LogP contribution in [0.5, 0.6) is 0 Å².